The lowest BCUT2D eigenvalue weighted by Gasteiger charge is -2.26. The summed E-state index contributed by atoms with van der Waals surface area (Å²) >= 11 is 0. The first kappa shape index (κ1) is 23.4. The Kier molecular flexibility index (Phi) is 7.86. The minimum atomic E-state index is 0.371. The maximum atomic E-state index is 6.26. The fraction of sp³-hybridized carbons (Fsp3) is 0.692. The molecule has 8 heteroatoms. The minimum absolute atomic E-state index is 0.371. The van der Waals surface area contributed by atoms with Crippen LogP contribution in [0.15, 0.2) is 12.1 Å². The van der Waals surface area contributed by atoms with E-state index in [0.717, 1.165) is 79.7 Å². The Morgan fingerprint density at radius 2 is 1.79 bits per heavy atom. The van der Waals surface area contributed by atoms with Crippen molar-refractivity contribution in [3.8, 4) is 11.5 Å². The van der Waals surface area contributed by atoms with Crippen molar-refractivity contribution < 1.29 is 9.47 Å². The summed E-state index contributed by atoms with van der Waals surface area (Å²) < 4.78 is 12.3. The van der Waals surface area contributed by atoms with E-state index in [-0.39, 0.29) is 0 Å². The molecule has 34 heavy (non-hydrogen) atoms. The molecule has 1 aromatic carbocycles. The highest BCUT2D eigenvalue weighted by molar-refractivity contribution is 5.93. The molecular weight excluding hydrogens is 428 g/mol. The average molecular weight is 469 g/mol. The van der Waals surface area contributed by atoms with Crippen LogP contribution in [0, 0.1) is 0 Å². The third-order valence-corrected chi connectivity index (χ3v) is 7.15. The predicted octanol–water partition coefficient (Wildman–Crippen LogP) is 3.66. The number of benzene rings is 1. The molecule has 1 aromatic heterocycles. The summed E-state index contributed by atoms with van der Waals surface area (Å²) in [5, 5.41) is 8.22. The second-order valence-electron chi connectivity index (χ2n) is 9.75. The highest BCUT2D eigenvalue weighted by Crippen LogP contribution is 2.36. The first-order valence-corrected chi connectivity index (χ1v) is 13.4. The van der Waals surface area contributed by atoms with Crippen LogP contribution in [0.25, 0.3) is 10.9 Å². The van der Waals surface area contributed by atoms with E-state index in [0.29, 0.717) is 19.3 Å². The van der Waals surface area contributed by atoms with E-state index in [2.05, 4.69) is 32.6 Å². The maximum Gasteiger partial charge on any atom is 0.227 e. The van der Waals surface area contributed by atoms with E-state index in [9.17, 15) is 0 Å². The van der Waals surface area contributed by atoms with Gasteiger partial charge in [0.25, 0.3) is 0 Å². The first-order valence-electron chi connectivity index (χ1n) is 13.4. The summed E-state index contributed by atoms with van der Waals surface area (Å²) in [7, 11) is 0. The number of aromatic nitrogens is 2. The molecule has 3 aliphatic heterocycles. The van der Waals surface area contributed by atoms with Crippen molar-refractivity contribution in [3.05, 3.63) is 12.1 Å². The zero-order valence-corrected chi connectivity index (χ0v) is 20.7. The van der Waals surface area contributed by atoms with Gasteiger partial charge in [-0.2, -0.15) is 4.98 Å². The van der Waals surface area contributed by atoms with E-state index in [1.54, 1.807) is 0 Å². The third-order valence-electron chi connectivity index (χ3n) is 7.15. The SMILES string of the molecule is CCOc1cc2c(N[C@H]3CCCNC3)nc(N3CCCC3)nc2cc1OCCCN1CCCC1. The first-order chi connectivity index (χ1) is 16.8. The molecule has 0 amide bonds. The van der Waals surface area contributed by atoms with Crippen molar-refractivity contribution in [2.24, 2.45) is 0 Å². The Bertz CT molecular complexity index is 937. The number of nitrogens with zero attached hydrogens (tertiary/aromatic N) is 4. The van der Waals surface area contributed by atoms with Gasteiger partial charge in [-0.15, -0.1) is 0 Å². The second kappa shape index (κ2) is 11.4. The smallest absolute Gasteiger partial charge is 0.227 e. The van der Waals surface area contributed by atoms with E-state index in [1.807, 2.05) is 6.92 Å². The summed E-state index contributed by atoms with van der Waals surface area (Å²) in [6, 6.07) is 4.50. The van der Waals surface area contributed by atoms with Crippen LogP contribution in [0.2, 0.25) is 0 Å². The number of piperidine rings is 1. The Morgan fingerprint density at radius 1 is 1.00 bits per heavy atom. The zero-order chi connectivity index (χ0) is 23.2. The highest BCUT2D eigenvalue weighted by atomic mass is 16.5. The Balaban J connectivity index is 1.41. The van der Waals surface area contributed by atoms with Gasteiger partial charge in [0.15, 0.2) is 11.5 Å². The molecule has 3 aliphatic rings. The molecule has 0 aliphatic carbocycles. The van der Waals surface area contributed by atoms with Gasteiger partial charge in [-0.1, -0.05) is 0 Å². The lowest BCUT2D eigenvalue weighted by atomic mass is 10.1. The monoisotopic (exact) mass is 468 g/mol. The molecular formula is C26H40N6O2. The van der Waals surface area contributed by atoms with Crippen LogP contribution in [-0.2, 0) is 0 Å². The topological polar surface area (TPSA) is 74.8 Å². The van der Waals surface area contributed by atoms with Gasteiger partial charge >= 0.3 is 0 Å². The van der Waals surface area contributed by atoms with Crippen LogP contribution >= 0.6 is 0 Å². The average Bonchev–Trinajstić information content (AvgIpc) is 3.58. The number of hydrogen-bond donors (Lipinski definition) is 2. The molecule has 2 aromatic rings. The van der Waals surface area contributed by atoms with E-state index < -0.39 is 0 Å². The molecule has 5 rings (SSSR count). The van der Waals surface area contributed by atoms with Gasteiger partial charge < -0.3 is 29.9 Å². The molecule has 0 spiro atoms. The van der Waals surface area contributed by atoms with Gasteiger partial charge in [0.2, 0.25) is 5.95 Å². The molecule has 0 bridgehead atoms. The predicted molar refractivity (Wildman–Crippen MR) is 137 cm³/mol. The third kappa shape index (κ3) is 5.66. The summed E-state index contributed by atoms with van der Waals surface area (Å²) in [5.41, 5.74) is 0.918. The highest BCUT2D eigenvalue weighted by Gasteiger charge is 2.22. The molecule has 1 atom stereocenters. The Labute approximate surface area is 203 Å². The largest absolute Gasteiger partial charge is 0.490 e. The van der Waals surface area contributed by atoms with Crippen molar-refractivity contribution in [3.63, 3.8) is 0 Å². The van der Waals surface area contributed by atoms with Gasteiger partial charge in [-0.05, 0) is 77.6 Å². The summed E-state index contributed by atoms with van der Waals surface area (Å²) in [5.74, 6) is 3.29. The van der Waals surface area contributed by atoms with Crippen molar-refractivity contribution in [2.75, 3.05) is 69.2 Å². The normalized spacial score (nSPS) is 21.3. The number of hydrogen-bond acceptors (Lipinski definition) is 8. The number of nitrogens with one attached hydrogen (secondary N) is 2. The van der Waals surface area contributed by atoms with E-state index in [4.69, 9.17) is 19.4 Å². The molecule has 3 saturated heterocycles. The number of fused-ring (bicyclic) bond motifs is 1. The van der Waals surface area contributed by atoms with E-state index in [1.165, 1.54) is 45.2 Å². The van der Waals surface area contributed by atoms with Gasteiger partial charge in [-0.25, -0.2) is 4.98 Å². The molecule has 8 nitrogen and oxygen atoms in total. The molecule has 0 radical (unpaired) electrons. The van der Waals surface area contributed by atoms with Crippen LogP contribution in [0.5, 0.6) is 11.5 Å². The lowest BCUT2D eigenvalue weighted by molar-refractivity contribution is 0.248. The van der Waals surface area contributed by atoms with Crippen LogP contribution in [0.3, 0.4) is 0 Å². The van der Waals surface area contributed by atoms with Crippen LogP contribution in [0.4, 0.5) is 11.8 Å². The zero-order valence-electron chi connectivity index (χ0n) is 20.7. The number of anilines is 2. The van der Waals surface area contributed by atoms with Crippen molar-refractivity contribution >= 4 is 22.7 Å². The molecule has 3 fully saturated rings. The van der Waals surface area contributed by atoms with E-state index >= 15 is 0 Å². The van der Waals surface area contributed by atoms with Gasteiger partial charge in [-0.3, -0.25) is 0 Å². The van der Waals surface area contributed by atoms with Gasteiger partial charge in [0, 0.05) is 43.7 Å². The van der Waals surface area contributed by atoms with Crippen LogP contribution in [0.1, 0.15) is 51.9 Å². The fourth-order valence-electron chi connectivity index (χ4n) is 5.32. The lowest BCUT2D eigenvalue weighted by Crippen LogP contribution is -2.38. The summed E-state index contributed by atoms with van der Waals surface area (Å²) in [6.07, 6.45) is 8.40. The Hall–Kier alpha value is -2.32. The summed E-state index contributed by atoms with van der Waals surface area (Å²) in [4.78, 5) is 14.8. The number of rotatable bonds is 10. The molecule has 2 N–H and O–H groups in total. The number of likely N-dealkylation sites (tertiary alicyclic amines) is 1. The van der Waals surface area contributed by atoms with Crippen molar-refractivity contribution in [1.29, 1.82) is 0 Å². The van der Waals surface area contributed by atoms with Crippen molar-refractivity contribution in [1.82, 2.24) is 20.2 Å². The van der Waals surface area contributed by atoms with Crippen LogP contribution < -0.4 is 25.0 Å². The molecule has 4 heterocycles. The minimum Gasteiger partial charge on any atom is -0.490 e. The fourth-order valence-corrected chi connectivity index (χ4v) is 5.32. The maximum absolute atomic E-state index is 6.26. The van der Waals surface area contributed by atoms with Gasteiger partial charge in [0.1, 0.15) is 5.82 Å². The summed E-state index contributed by atoms with van der Waals surface area (Å²) in [6.45, 7) is 10.9. The molecule has 186 valence electrons. The van der Waals surface area contributed by atoms with Gasteiger partial charge in [0.05, 0.1) is 18.7 Å². The quantitative estimate of drug-likeness (QED) is 0.512. The van der Waals surface area contributed by atoms with Crippen molar-refractivity contribution in [2.45, 2.75) is 57.9 Å². The molecule has 0 saturated carbocycles. The standard InChI is InChI=1S/C26H40N6O2/c1-2-33-23-17-21-22(18-24(23)34-16-8-13-31-11-3-4-12-31)29-26(32-14-5-6-15-32)30-25(21)28-20-9-7-10-27-19-20/h17-18,20,27H,2-16,19H2,1H3,(H,28,29,30)/t20-/m0/s1. The molecule has 0 unspecified atom stereocenters. The Morgan fingerprint density at radius 3 is 2.56 bits per heavy atom. The second-order valence-corrected chi connectivity index (χ2v) is 9.75. The van der Waals surface area contributed by atoms with Crippen LogP contribution in [-0.4, -0.2) is 79.9 Å². The number of ether oxygens (including phenoxy) is 2.